The molecule has 0 spiro atoms. The number of aliphatic hydroxyl groups is 1. The molecule has 7 heteroatoms. The fraction of sp³-hybridized carbons (Fsp3) is 0.538. The number of aliphatic hydroxyl groups excluding tert-OH is 1. The molecule has 0 radical (unpaired) electrons. The van der Waals surface area contributed by atoms with Gasteiger partial charge in [-0.1, -0.05) is 25.4 Å². The van der Waals surface area contributed by atoms with Crippen LogP contribution in [0.1, 0.15) is 13.8 Å². The van der Waals surface area contributed by atoms with Gasteiger partial charge in [-0.3, -0.25) is 0 Å². The largest absolute Gasteiger partial charge is 0.389 e. The third kappa shape index (κ3) is 4.02. The van der Waals surface area contributed by atoms with Crippen LogP contribution in [0.15, 0.2) is 12.1 Å². The zero-order valence-electron chi connectivity index (χ0n) is 11.5. The smallest absolute Gasteiger partial charge is 0.129 e. The van der Waals surface area contributed by atoms with Crippen LogP contribution >= 0.6 is 23.3 Å². The molecule has 1 unspecified atom stereocenters. The zero-order valence-corrected chi connectivity index (χ0v) is 13.0. The van der Waals surface area contributed by atoms with Gasteiger partial charge in [0, 0.05) is 13.2 Å². The molecule has 1 atom stereocenters. The number of anilines is 1. The van der Waals surface area contributed by atoms with Crippen LogP contribution in [-0.4, -0.2) is 39.7 Å². The fourth-order valence-electron chi connectivity index (χ4n) is 1.71. The lowest BCUT2D eigenvalue weighted by Crippen LogP contribution is -2.25. The molecule has 1 aromatic heterocycles. The van der Waals surface area contributed by atoms with Crippen molar-refractivity contribution in [3.63, 3.8) is 0 Å². The Labute approximate surface area is 127 Å². The Bertz CT molecular complexity index is 562. The highest BCUT2D eigenvalue weighted by atomic mass is 35.5. The predicted molar refractivity (Wildman–Crippen MR) is 82.6 cm³/mol. The molecule has 110 valence electrons. The van der Waals surface area contributed by atoms with E-state index >= 15 is 0 Å². The molecular formula is C13H18ClN3O2S. The van der Waals surface area contributed by atoms with Gasteiger partial charge >= 0.3 is 0 Å². The second-order valence-corrected chi connectivity index (χ2v) is 5.96. The van der Waals surface area contributed by atoms with Crippen molar-refractivity contribution >= 4 is 40.0 Å². The number of rotatable bonds is 7. The predicted octanol–water partition coefficient (Wildman–Crippen LogP) is 2.79. The summed E-state index contributed by atoms with van der Waals surface area (Å²) in [5.41, 5.74) is 2.24. The van der Waals surface area contributed by atoms with Gasteiger partial charge in [-0.25, -0.2) is 0 Å². The van der Waals surface area contributed by atoms with Crippen LogP contribution in [0.5, 0.6) is 0 Å². The summed E-state index contributed by atoms with van der Waals surface area (Å²) in [6.45, 7) is 5.44. The Kier molecular flexibility index (Phi) is 5.54. The third-order valence-corrected chi connectivity index (χ3v) is 3.51. The van der Waals surface area contributed by atoms with Crippen LogP contribution in [0.4, 0.5) is 5.69 Å². The number of halogens is 1. The van der Waals surface area contributed by atoms with Gasteiger partial charge in [0.1, 0.15) is 11.0 Å². The molecule has 1 aromatic carbocycles. The van der Waals surface area contributed by atoms with E-state index in [4.69, 9.17) is 16.3 Å². The molecule has 2 aromatic rings. The van der Waals surface area contributed by atoms with Gasteiger partial charge in [0.25, 0.3) is 0 Å². The molecule has 0 aliphatic carbocycles. The molecule has 20 heavy (non-hydrogen) atoms. The summed E-state index contributed by atoms with van der Waals surface area (Å²) in [6.07, 6.45) is -0.591. The fourth-order valence-corrected chi connectivity index (χ4v) is 2.48. The van der Waals surface area contributed by atoms with Gasteiger partial charge in [0.2, 0.25) is 0 Å². The molecule has 1 heterocycles. The number of benzene rings is 1. The highest BCUT2D eigenvalue weighted by Gasteiger charge is 2.12. The molecule has 0 bridgehead atoms. The molecule has 0 amide bonds. The summed E-state index contributed by atoms with van der Waals surface area (Å²) >= 11 is 7.29. The van der Waals surface area contributed by atoms with E-state index in [0.717, 1.165) is 22.8 Å². The Morgan fingerprint density at radius 2 is 2.15 bits per heavy atom. The lowest BCUT2D eigenvalue weighted by molar-refractivity contribution is 0.0318. The lowest BCUT2D eigenvalue weighted by Gasteiger charge is -2.15. The van der Waals surface area contributed by atoms with E-state index in [0.29, 0.717) is 36.4 Å². The summed E-state index contributed by atoms with van der Waals surface area (Å²) in [7, 11) is 0. The monoisotopic (exact) mass is 315 g/mol. The molecule has 0 aliphatic rings. The topological polar surface area (TPSA) is 67.3 Å². The normalized spacial score (nSPS) is 13.1. The van der Waals surface area contributed by atoms with Crippen molar-refractivity contribution in [2.45, 2.75) is 20.0 Å². The van der Waals surface area contributed by atoms with E-state index in [1.807, 2.05) is 6.07 Å². The van der Waals surface area contributed by atoms with Crippen LogP contribution in [0.3, 0.4) is 0 Å². The average molecular weight is 316 g/mol. The van der Waals surface area contributed by atoms with Crippen molar-refractivity contribution in [3.05, 3.63) is 17.2 Å². The quantitative estimate of drug-likeness (QED) is 0.822. The van der Waals surface area contributed by atoms with Crippen molar-refractivity contribution in [1.82, 2.24) is 8.75 Å². The summed E-state index contributed by atoms with van der Waals surface area (Å²) in [6, 6.07) is 3.60. The Morgan fingerprint density at radius 3 is 2.90 bits per heavy atom. The summed E-state index contributed by atoms with van der Waals surface area (Å²) in [5, 5.41) is 13.6. The summed E-state index contributed by atoms with van der Waals surface area (Å²) in [5.74, 6) is 0.458. The maximum Gasteiger partial charge on any atom is 0.129 e. The van der Waals surface area contributed by atoms with Crippen LogP contribution < -0.4 is 5.32 Å². The molecule has 0 aliphatic heterocycles. The van der Waals surface area contributed by atoms with E-state index in [9.17, 15) is 5.11 Å². The SMILES string of the molecule is CC(C)COCC(O)CNc1c(Cl)ccc2nsnc12. The first kappa shape index (κ1) is 15.4. The number of fused-ring (bicyclic) bond motifs is 1. The molecule has 2 rings (SSSR count). The Hall–Kier alpha value is -0.950. The van der Waals surface area contributed by atoms with Crippen molar-refractivity contribution in [2.75, 3.05) is 25.1 Å². The van der Waals surface area contributed by atoms with Crippen LogP contribution in [0.25, 0.3) is 11.0 Å². The molecule has 0 fully saturated rings. The van der Waals surface area contributed by atoms with Crippen molar-refractivity contribution in [3.8, 4) is 0 Å². The molecular weight excluding hydrogens is 298 g/mol. The Balaban J connectivity index is 1.92. The minimum absolute atomic E-state index is 0.300. The molecule has 2 N–H and O–H groups in total. The minimum Gasteiger partial charge on any atom is -0.389 e. The van der Waals surface area contributed by atoms with Gasteiger partial charge in [-0.05, 0) is 18.1 Å². The maximum absolute atomic E-state index is 9.87. The number of aromatic nitrogens is 2. The number of nitrogens with zero attached hydrogens (tertiary/aromatic N) is 2. The van der Waals surface area contributed by atoms with Crippen LogP contribution in [0.2, 0.25) is 5.02 Å². The maximum atomic E-state index is 9.87. The number of hydrogen-bond donors (Lipinski definition) is 2. The second kappa shape index (κ2) is 7.17. The van der Waals surface area contributed by atoms with Gasteiger partial charge in [0.15, 0.2) is 0 Å². The van der Waals surface area contributed by atoms with Crippen LogP contribution in [-0.2, 0) is 4.74 Å². The van der Waals surface area contributed by atoms with E-state index in [1.165, 1.54) is 0 Å². The number of hydrogen-bond acceptors (Lipinski definition) is 6. The van der Waals surface area contributed by atoms with Crippen molar-refractivity contribution in [1.29, 1.82) is 0 Å². The molecule has 0 saturated carbocycles. The number of nitrogens with one attached hydrogen (secondary N) is 1. The van der Waals surface area contributed by atoms with Crippen molar-refractivity contribution < 1.29 is 9.84 Å². The Morgan fingerprint density at radius 1 is 1.35 bits per heavy atom. The standard InChI is InChI=1S/C13H18ClN3O2S/c1-8(2)6-19-7-9(18)5-15-12-10(14)3-4-11-13(12)17-20-16-11/h3-4,8-9,15,18H,5-7H2,1-2H3. The molecule has 0 saturated heterocycles. The van der Waals surface area contributed by atoms with E-state index < -0.39 is 6.10 Å². The van der Waals surface area contributed by atoms with Crippen molar-refractivity contribution in [2.24, 2.45) is 5.92 Å². The minimum atomic E-state index is -0.591. The van der Waals surface area contributed by atoms with E-state index in [-0.39, 0.29) is 0 Å². The third-order valence-electron chi connectivity index (χ3n) is 2.65. The average Bonchev–Trinajstić information content (AvgIpc) is 2.85. The van der Waals surface area contributed by atoms with Gasteiger partial charge < -0.3 is 15.2 Å². The summed E-state index contributed by atoms with van der Waals surface area (Å²) in [4.78, 5) is 0. The first-order valence-electron chi connectivity index (χ1n) is 6.48. The molecule has 5 nitrogen and oxygen atoms in total. The van der Waals surface area contributed by atoms with E-state index in [1.54, 1.807) is 6.07 Å². The highest BCUT2D eigenvalue weighted by molar-refractivity contribution is 7.00. The van der Waals surface area contributed by atoms with E-state index in [2.05, 4.69) is 27.9 Å². The van der Waals surface area contributed by atoms with Gasteiger partial charge in [0.05, 0.1) is 35.1 Å². The van der Waals surface area contributed by atoms with Gasteiger partial charge in [-0.15, -0.1) is 0 Å². The highest BCUT2D eigenvalue weighted by Crippen LogP contribution is 2.29. The first-order valence-corrected chi connectivity index (χ1v) is 7.59. The van der Waals surface area contributed by atoms with Gasteiger partial charge in [-0.2, -0.15) is 8.75 Å². The first-order chi connectivity index (χ1) is 9.58. The van der Waals surface area contributed by atoms with Crippen LogP contribution in [0, 0.1) is 5.92 Å². The number of ether oxygens (including phenoxy) is 1. The lowest BCUT2D eigenvalue weighted by atomic mass is 10.2. The summed E-state index contributed by atoms with van der Waals surface area (Å²) < 4.78 is 13.8. The zero-order chi connectivity index (χ0) is 14.5. The second-order valence-electron chi connectivity index (χ2n) is 5.02.